The number of nitrogens with zero attached hydrogens (tertiary/aromatic N) is 2. The number of rotatable bonds is 6. The van der Waals surface area contributed by atoms with Gasteiger partial charge in [0, 0.05) is 23.6 Å². The van der Waals surface area contributed by atoms with E-state index >= 15 is 0 Å². The summed E-state index contributed by atoms with van der Waals surface area (Å²) >= 11 is 0. The molecule has 2 heterocycles. The number of nitrogens with one attached hydrogen (secondary N) is 1. The number of carbonyl (C=O) groups excluding carboxylic acids is 1. The van der Waals surface area contributed by atoms with Gasteiger partial charge in [-0.05, 0) is 60.9 Å². The molecular formula is C24H23N3O2. The zero-order chi connectivity index (χ0) is 20.2. The molecule has 4 rings (SSSR count). The Morgan fingerprint density at radius 1 is 1.07 bits per heavy atom. The topological polar surface area (TPSA) is 55.6 Å². The molecule has 146 valence electrons. The molecule has 0 aliphatic heterocycles. The maximum atomic E-state index is 12.5. The van der Waals surface area contributed by atoms with Gasteiger partial charge in [-0.3, -0.25) is 4.79 Å². The molecule has 0 aliphatic rings. The summed E-state index contributed by atoms with van der Waals surface area (Å²) in [5.41, 5.74) is 5.47. The van der Waals surface area contributed by atoms with E-state index in [-0.39, 0.29) is 5.91 Å². The lowest BCUT2D eigenvalue weighted by molar-refractivity contribution is 0.102. The van der Waals surface area contributed by atoms with Crippen molar-refractivity contribution in [3.8, 4) is 5.75 Å². The largest absolute Gasteiger partial charge is 0.487 e. The number of ether oxygens (including phenoxy) is 1. The van der Waals surface area contributed by atoms with Crippen molar-refractivity contribution in [2.75, 3.05) is 5.32 Å². The zero-order valence-corrected chi connectivity index (χ0v) is 16.6. The van der Waals surface area contributed by atoms with Crippen LogP contribution in [-0.2, 0) is 13.0 Å². The van der Waals surface area contributed by atoms with Gasteiger partial charge in [-0.2, -0.15) is 0 Å². The van der Waals surface area contributed by atoms with E-state index in [0.29, 0.717) is 17.9 Å². The lowest BCUT2D eigenvalue weighted by Crippen LogP contribution is -2.13. The molecule has 2 aromatic heterocycles. The first-order chi connectivity index (χ1) is 14.1. The second-order valence-electron chi connectivity index (χ2n) is 6.93. The van der Waals surface area contributed by atoms with Crippen LogP contribution in [0.3, 0.4) is 0 Å². The fourth-order valence-corrected chi connectivity index (χ4v) is 3.28. The number of para-hydroxylation sites is 1. The summed E-state index contributed by atoms with van der Waals surface area (Å²) in [6.07, 6.45) is 4.81. The summed E-state index contributed by atoms with van der Waals surface area (Å²) < 4.78 is 7.84. The normalized spacial score (nSPS) is 10.8. The number of imidazole rings is 1. The van der Waals surface area contributed by atoms with Gasteiger partial charge in [-0.15, -0.1) is 0 Å². The summed E-state index contributed by atoms with van der Waals surface area (Å²) in [6, 6.07) is 19.0. The van der Waals surface area contributed by atoms with Crippen LogP contribution in [0.5, 0.6) is 5.75 Å². The number of aryl methyl sites for hydroxylation is 2. The smallest absolute Gasteiger partial charge is 0.255 e. The van der Waals surface area contributed by atoms with E-state index in [0.717, 1.165) is 34.6 Å². The Kier molecular flexibility index (Phi) is 5.29. The van der Waals surface area contributed by atoms with Crippen LogP contribution in [0.4, 0.5) is 5.69 Å². The maximum Gasteiger partial charge on any atom is 0.255 e. The Labute approximate surface area is 170 Å². The number of hydrogen-bond donors (Lipinski definition) is 1. The molecule has 4 aromatic rings. The zero-order valence-electron chi connectivity index (χ0n) is 16.6. The van der Waals surface area contributed by atoms with Crippen LogP contribution in [0, 0.1) is 6.92 Å². The van der Waals surface area contributed by atoms with Gasteiger partial charge in [0.25, 0.3) is 5.91 Å². The van der Waals surface area contributed by atoms with E-state index in [2.05, 4.69) is 17.2 Å². The Bertz CT molecular complexity index is 1150. The SMILES string of the molecule is CCc1ccccc1NC(=O)c1ccc(OCc2cn3cccc(C)c3n2)cc1. The Hall–Kier alpha value is -3.60. The van der Waals surface area contributed by atoms with Gasteiger partial charge < -0.3 is 14.5 Å². The molecule has 0 atom stereocenters. The fourth-order valence-electron chi connectivity index (χ4n) is 3.28. The van der Waals surface area contributed by atoms with Crippen LogP contribution in [-0.4, -0.2) is 15.3 Å². The molecule has 29 heavy (non-hydrogen) atoms. The predicted octanol–water partition coefficient (Wildman–Crippen LogP) is 5.04. The third-order valence-electron chi connectivity index (χ3n) is 4.88. The third kappa shape index (κ3) is 4.14. The Morgan fingerprint density at radius 2 is 1.86 bits per heavy atom. The monoisotopic (exact) mass is 385 g/mol. The summed E-state index contributed by atoms with van der Waals surface area (Å²) in [7, 11) is 0. The van der Waals surface area contributed by atoms with Crippen molar-refractivity contribution in [3.63, 3.8) is 0 Å². The van der Waals surface area contributed by atoms with E-state index < -0.39 is 0 Å². The predicted molar refractivity (Wildman–Crippen MR) is 114 cm³/mol. The molecule has 0 radical (unpaired) electrons. The van der Waals surface area contributed by atoms with Crippen LogP contribution < -0.4 is 10.1 Å². The fraction of sp³-hybridized carbons (Fsp3) is 0.167. The van der Waals surface area contributed by atoms with Crippen LogP contribution in [0.2, 0.25) is 0 Å². The highest BCUT2D eigenvalue weighted by molar-refractivity contribution is 6.04. The molecule has 0 bridgehead atoms. The maximum absolute atomic E-state index is 12.5. The van der Waals surface area contributed by atoms with Crippen molar-refractivity contribution in [1.29, 1.82) is 0 Å². The van der Waals surface area contributed by atoms with Gasteiger partial charge in [-0.25, -0.2) is 4.98 Å². The Balaban J connectivity index is 1.40. The highest BCUT2D eigenvalue weighted by Crippen LogP contribution is 2.19. The van der Waals surface area contributed by atoms with Crippen molar-refractivity contribution in [2.24, 2.45) is 0 Å². The number of aromatic nitrogens is 2. The number of fused-ring (bicyclic) bond motifs is 1. The molecule has 0 spiro atoms. The molecule has 0 unspecified atom stereocenters. The summed E-state index contributed by atoms with van der Waals surface area (Å²) in [5, 5.41) is 2.98. The number of anilines is 1. The Morgan fingerprint density at radius 3 is 2.62 bits per heavy atom. The highest BCUT2D eigenvalue weighted by Gasteiger charge is 2.09. The van der Waals surface area contributed by atoms with Crippen LogP contribution in [0.1, 0.15) is 34.1 Å². The first-order valence-electron chi connectivity index (χ1n) is 9.69. The van der Waals surface area contributed by atoms with Crippen molar-refractivity contribution >= 4 is 17.2 Å². The van der Waals surface area contributed by atoms with Crippen molar-refractivity contribution < 1.29 is 9.53 Å². The lowest BCUT2D eigenvalue weighted by Gasteiger charge is -2.10. The van der Waals surface area contributed by atoms with E-state index in [1.165, 1.54) is 0 Å². The molecular weight excluding hydrogens is 362 g/mol. The van der Waals surface area contributed by atoms with E-state index in [4.69, 9.17) is 4.74 Å². The first-order valence-corrected chi connectivity index (χ1v) is 9.69. The van der Waals surface area contributed by atoms with Crippen LogP contribution in [0.15, 0.2) is 73.1 Å². The second kappa shape index (κ2) is 8.19. The molecule has 0 aliphatic carbocycles. The number of amides is 1. The molecule has 5 nitrogen and oxygen atoms in total. The molecule has 0 saturated carbocycles. The average molecular weight is 385 g/mol. The van der Waals surface area contributed by atoms with E-state index in [1.54, 1.807) is 12.1 Å². The van der Waals surface area contributed by atoms with E-state index in [9.17, 15) is 4.79 Å². The van der Waals surface area contributed by atoms with Gasteiger partial charge in [0.1, 0.15) is 18.0 Å². The number of benzene rings is 2. The van der Waals surface area contributed by atoms with E-state index in [1.807, 2.05) is 72.2 Å². The average Bonchev–Trinajstić information content (AvgIpc) is 3.17. The van der Waals surface area contributed by atoms with Crippen molar-refractivity contribution in [1.82, 2.24) is 9.38 Å². The third-order valence-corrected chi connectivity index (χ3v) is 4.88. The highest BCUT2D eigenvalue weighted by atomic mass is 16.5. The summed E-state index contributed by atoms with van der Waals surface area (Å²) in [5.74, 6) is 0.567. The molecule has 1 amide bonds. The van der Waals surface area contributed by atoms with Crippen molar-refractivity contribution in [3.05, 3.63) is 95.4 Å². The van der Waals surface area contributed by atoms with Gasteiger partial charge in [0.2, 0.25) is 0 Å². The van der Waals surface area contributed by atoms with Gasteiger partial charge in [0.05, 0.1) is 5.69 Å². The summed E-state index contributed by atoms with van der Waals surface area (Å²) in [4.78, 5) is 17.1. The standard InChI is InChI=1S/C24H23N3O2/c1-3-18-8-4-5-9-22(18)26-24(28)19-10-12-21(13-11-19)29-16-20-15-27-14-6-7-17(2)23(27)25-20/h4-15H,3,16H2,1-2H3,(H,26,28). The summed E-state index contributed by atoms with van der Waals surface area (Å²) in [6.45, 7) is 4.48. The van der Waals surface area contributed by atoms with Gasteiger partial charge >= 0.3 is 0 Å². The van der Waals surface area contributed by atoms with Crippen molar-refractivity contribution in [2.45, 2.75) is 26.9 Å². The minimum Gasteiger partial charge on any atom is -0.487 e. The van der Waals surface area contributed by atoms with Gasteiger partial charge in [-0.1, -0.05) is 31.2 Å². The second-order valence-corrected chi connectivity index (χ2v) is 6.93. The molecule has 2 aromatic carbocycles. The quantitative estimate of drug-likeness (QED) is 0.506. The minimum absolute atomic E-state index is 0.131. The number of pyridine rings is 1. The van der Waals surface area contributed by atoms with Gasteiger partial charge in [0.15, 0.2) is 0 Å². The number of carbonyl (C=O) groups is 1. The molecule has 5 heteroatoms. The molecule has 1 N–H and O–H groups in total. The number of hydrogen-bond acceptors (Lipinski definition) is 3. The minimum atomic E-state index is -0.131. The lowest BCUT2D eigenvalue weighted by atomic mass is 10.1. The van der Waals surface area contributed by atoms with Crippen LogP contribution in [0.25, 0.3) is 5.65 Å². The molecule has 0 fully saturated rings. The van der Waals surface area contributed by atoms with Crippen LogP contribution >= 0.6 is 0 Å². The first kappa shape index (κ1) is 18.7. The molecule has 0 saturated heterocycles.